The van der Waals surface area contributed by atoms with Crippen molar-refractivity contribution in [2.45, 2.75) is 6.92 Å². The van der Waals surface area contributed by atoms with Gasteiger partial charge >= 0.3 is 0 Å². The van der Waals surface area contributed by atoms with Crippen LogP contribution in [0.4, 0.5) is 14.5 Å². The quantitative estimate of drug-likeness (QED) is 0.514. The number of rotatable bonds is 2. The Morgan fingerprint density at radius 2 is 1.63 bits per heavy atom. The van der Waals surface area contributed by atoms with Crippen molar-refractivity contribution < 1.29 is 13.6 Å². The molecule has 1 heterocycles. The highest BCUT2D eigenvalue weighted by molar-refractivity contribution is 6.13. The van der Waals surface area contributed by atoms with E-state index in [1.807, 2.05) is 19.1 Å². The minimum absolute atomic E-state index is 0.00565. The highest BCUT2D eigenvalue weighted by Gasteiger charge is 2.17. The number of aromatic amines is 1. The Morgan fingerprint density at radius 1 is 0.926 bits per heavy atom. The third-order valence-corrected chi connectivity index (χ3v) is 4.39. The minimum atomic E-state index is -0.724. The van der Waals surface area contributed by atoms with Gasteiger partial charge < -0.3 is 10.3 Å². The van der Waals surface area contributed by atoms with E-state index in [0.717, 1.165) is 23.8 Å². The molecule has 1 amide bonds. The van der Waals surface area contributed by atoms with E-state index >= 15 is 0 Å². The predicted octanol–water partition coefficient (Wildman–Crippen LogP) is 4.52. The lowest BCUT2D eigenvalue weighted by molar-refractivity contribution is 0.102. The van der Waals surface area contributed by atoms with Crippen LogP contribution in [0.5, 0.6) is 0 Å². The molecule has 27 heavy (non-hydrogen) atoms. The standard InChI is InChI=1S/C21H14F2N2O2/c1-11-2-5-14(6-3-11)24-21(27)17-10-13(23)9-16-19(17)25-18-7-4-12(22)8-15(18)20(16)26/h2-10H,1H3,(H,24,27)(H,25,26). The zero-order chi connectivity index (χ0) is 19.1. The normalized spacial score (nSPS) is 11.1. The summed E-state index contributed by atoms with van der Waals surface area (Å²) >= 11 is 0. The summed E-state index contributed by atoms with van der Waals surface area (Å²) in [5, 5.41) is 2.78. The smallest absolute Gasteiger partial charge is 0.257 e. The number of benzene rings is 3. The van der Waals surface area contributed by atoms with E-state index in [2.05, 4.69) is 10.3 Å². The monoisotopic (exact) mass is 364 g/mol. The average molecular weight is 364 g/mol. The molecule has 0 fully saturated rings. The molecule has 0 aliphatic heterocycles. The maximum Gasteiger partial charge on any atom is 0.257 e. The molecule has 2 N–H and O–H groups in total. The highest BCUT2D eigenvalue weighted by atomic mass is 19.1. The Balaban J connectivity index is 1.90. The zero-order valence-corrected chi connectivity index (χ0v) is 14.3. The first kappa shape index (κ1) is 16.9. The maximum absolute atomic E-state index is 14.1. The molecule has 0 unspecified atom stereocenters. The second kappa shape index (κ2) is 6.32. The van der Waals surface area contributed by atoms with Gasteiger partial charge in [0.15, 0.2) is 5.43 Å². The van der Waals surface area contributed by atoms with Gasteiger partial charge in [0.05, 0.1) is 11.1 Å². The Morgan fingerprint density at radius 3 is 2.37 bits per heavy atom. The third-order valence-electron chi connectivity index (χ3n) is 4.39. The second-order valence-electron chi connectivity index (χ2n) is 6.34. The Kier molecular flexibility index (Phi) is 3.96. The van der Waals surface area contributed by atoms with Crippen LogP contribution < -0.4 is 10.7 Å². The van der Waals surface area contributed by atoms with Gasteiger partial charge in [-0.3, -0.25) is 9.59 Å². The summed E-state index contributed by atoms with van der Waals surface area (Å²) in [5.41, 5.74) is 1.60. The van der Waals surface area contributed by atoms with Crippen LogP contribution in [0.3, 0.4) is 0 Å². The van der Waals surface area contributed by atoms with Crippen molar-refractivity contribution in [3.05, 3.63) is 87.6 Å². The number of carbonyl (C=O) groups excluding carboxylic acids is 1. The Bertz CT molecular complexity index is 1260. The van der Waals surface area contributed by atoms with Gasteiger partial charge in [0.1, 0.15) is 11.6 Å². The summed E-state index contributed by atoms with van der Waals surface area (Å²) in [7, 11) is 0. The molecule has 134 valence electrons. The first-order valence-electron chi connectivity index (χ1n) is 8.25. The summed E-state index contributed by atoms with van der Waals surface area (Å²) in [5.74, 6) is -1.85. The van der Waals surface area contributed by atoms with E-state index in [0.29, 0.717) is 11.2 Å². The highest BCUT2D eigenvalue weighted by Crippen LogP contribution is 2.22. The van der Waals surface area contributed by atoms with Crippen molar-refractivity contribution in [3.8, 4) is 0 Å². The van der Waals surface area contributed by atoms with Gasteiger partial charge in [0.2, 0.25) is 0 Å². The molecule has 4 aromatic rings. The van der Waals surface area contributed by atoms with Gasteiger partial charge in [-0.15, -0.1) is 0 Å². The predicted molar refractivity (Wildman–Crippen MR) is 101 cm³/mol. The van der Waals surface area contributed by atoms with Gasteiger partial charge in [0.25, 0.3) is 5.91 Å². The van der Waals surface area contributed by atoms with Crippen LogP contribution in [-0.4, -0.2) is 10.9 Å². The molecule has 1 aromatic heterocycles. The largest absolute Gasteiger partial charge is 0.354 e. The molecule has 0 spiro atoms. The Labute approximate surface area is 152 Å². The number of aryl methyl sites for hydroxylation is 1. The van der Waals surface area contributed by atoms with E-state index < -0.39 is 23.0 Å². The van der Waals surface area contributed by atoms with Crippen LogP contribution in [0.1, 0.15) is 15.9 Å². The zero-order valence-electron chi connectivity index (χ0n) is 14.3. The van der Waals surface area contributed by atoms with Crippen LogP contribution in [-0.2, 0) is 0 Å². The van der Waals surface area contributed by atoms with Crippen molar-refractivity contribution in [2.75, 3.05) is 5.32 Å². The summed E-state index contributed by atoms with van der Waals surface area (Å²) in [4.78, 5) is 28.3. The number of amides is 1. The number of nitrogens with one attached hydrogen (secondary N) is 2. The summed E-state index contributed by atoms with van der Waals surface area (Å²) in [6, 6.07) is 13.0. The van der Waals surface area contributed by atoms with E-state index in [1.54, 1.807) is 12.1 Å². The molecule has 0 saturated carbocycles. The van der Waals surface area contributed by atoms with Crippen LogP contribution in [0, 0.1) is 18.6 Å². The average Bonchev–Trinajstić information content (AvgIpc) is 2.64. The fraction of sp³-hybridized carbons (Fsp3) is 0.0476. The fourth-order valence-electron chi connectivity index (χ4n) is 3.03. The lowest BCUT2D eigenvalue weighted by Gasteiger charge is -2.10. The van der Waals surface area contributed by atoms with Gasteiger partial charge in [-0.05, 0) is 49.4 Å². The third kappa shape index (κ3) is 3.06. The first-order valence-corrected chi connectivity index (χ1v) is 8.25. The molecule has 0 radical (unpaired) electrons. The van der Waals surface area contributed by atoms with Crippen LogP contribution in [0.15, 0.2) is 59.4 Å². The number of aromatic nitrogens is 1. The molecule has 6 heteroatoms. The molecule has 0 bridgehead atoms. The Hall–Kier alpha value is -3.54. The molecule has 0 aliphatic carbocycles. The van der Waals surface area contributed by atoms with E-state index in [-0.39, 0.29) is 21.9 Å². The topological polar surface area (TPSA) is 62.0 Å². The molecular formula is C21H14F2N2O2. The SMILES string of the molecule is Cc1ccc(NC(=O)c2cc(F)cc3c(=O)c4cc(F)ccc4[nH]c23)cc1. The molecule has 4 nitrogen and oxygen atoms in total. The van der Waals surface area contributed by atoms with Crippen LogP contribution in [0.25, 0.3) is 21.8 Å². The van der Waals surface area contributed by atoms with E-state index in [4.69, 9.17) is 0 Å². The van der Waals surface area contributed by atoms with Crippen molar-refractivity contribution in [3.63, 3.8) is 0 Å². The second-order valence-corrected chi connectivity index (χ2v) is 6.34. The molecule has 0 atom stereocenters. The molecular weight excluding hydrogens is 350 g/mol. The van der Waals surface area contributed by atoms with Crippen LogP contribution >= 0.6 is 0 Å². The molecule has 0 aliphatic rings. The number of H-pyrrole nitrogens is 1. The van der Waals surface area contributed by atoms with Crippen molar-refractivity contribution >= 4 is 33.4 Å². The number of carbonyl (C=O) groups is 1. The number of anilines is 1. The summed E-state index contributed by atoms with van der Waals surface area (Å²) in [6.45, 7) is 1.92. The van der Waals surface area contributed by atoms with E-state index in [9.17, 15) is 18.4 Å². The van der Waals surface area contributed by atoms with Crippen LogP contribution in [0.2, 0.25) is 0 Å². The first-order chi connectivity index (χ1) is 12.9. The minimum Gasteiger partial charge on any atom is -0.354 e. The fourth-order valence-corrected chi connectivity index (χ4v) is 3.03. The number of pyridine rings is 1. The molecule has 3 aromatic carbocycles. The number of hydrogen-bond donors (Lipinski definition) is 2. The van der Waals surface area contributed by atoms with Gasteiger partial charge in [-0.1, -0.05) is 17.7 Å². The molecule has 0 saturated heterocycles. The van der Waals surface area contributed by atoms with Crippen molar-refractivity contribution in [1.82, 2.24) is 4.98 Å². The van der Waals surface area contributed by atoms with Gasteiger partial charge in [-0.25, -0.2) is 8.78 Å². The molecule has 4 rings (SSSR count). The van der Waals surface area contributed by atoms with Gasteiger partial charge in [-0.2, -0.15) is 0 Å². The van der Waals surface area contributed by atoms with E-state index in [1.165, 1.54) is 12.1 Å². The van der Waals surface area contributed by atoms with Crippen molar-refractivity contribution in [1.29, 1.82) is 0 Å². The number of hydrogen-bond acceptors (Lipinski definition) is 2. The van der Waals surface area contributed by atoms with Crippen molar-refractivity contribution in [2.24, 2.45) is 0 Å². The lowest BCUT2D eigenvalue weighted by Crippen LogP contribution is -2.15. The van der Waals surface area contributed by atoms with Gasteiger partial charge in [0, 0.05) is 22.0 Å². The number of fused-ring (bicyclic) bond motifs is 2. The summed E-state index contributed by atoms with van der Waals surface area (Å²) < 4.78 is 27.6. The maximum atomic E-state index is 14.1. The summed E-state index contributed by atoms with van der Waals surface area (Å²) in [6.07, 6.45) is 0. The lowest BCUT2D eigenvalue weighted by atomic mass is 10.0. The number of halogens is 2.